The lowest BCUT2D eigenvalue weighted by Crippen LogP contribution is -2.24. The fraction of sp³-hybridized carbons (Fsp3) is 0.778. The number of amides is 2. The highest BCUT2D eigenvalue weighted by Gasteiger charge is 2.27. The van der Waals surface area contributed by atoms with Crippen molar-refractivity contribution in [2.24, 2.45) is 0 Å². The smallest absolute Gasteiger partial charge is 0.264 e. The van der Waals surface area contributed by atoms with Crippen LogP contribution >= 0.6 is 0 Å². The number of aliphatic hydroxyl groups excluding tert-OH is 1. The van der Waals surface area contributed by atoms with Gasteiger partial charge in [0.15, 0.2) is 0 Å². The first-order valence-electron chi connectivity index (χ1n) is 5.23. The molecule has 0 bridgehead atoms. The molecule has 100 valence electrons. The largest absolute Gasteiger partial charge is 0.383 e. The second-order valence-electron chi connectivity index (χ2n) is 3.63. The third-order valence-corrected chi connectivity index (χ3v) is 2.75. The number of rotatable bonds is 4. The molecule has 0 saturated carbocycles. The third kappa shape index (κ3) is 8.78. The van der Waals surface area contributed by atoms with Gasteiger partial charge in [-0.15, -0.1) is 0 Å². The number of carbonyl (C=O) groups excluding carboxylic acids is 2. The van der Waals surface area contributed by atoms with Gasteiger partial charge in [0.1, 0.15) is 6.10 Å². The summed E-state index contributed by atoms with van der Waals surface area (Å²) in [4.78, 5) is 20.4. The van der Waals surface area contributed by atoms with E-state index in [-0.39, 0.29) is 12.2 Å². The van der Waals surface area contributed by atoms with Crippen molar-refractivity contribution in [3.8, 4) is 0 Å². The molecule has 3 N–H and O–H groups in total. The van der Waals surface area contributed by atoms with Crippen molar-refractivity contribution in [1.29, 1.82) is 0 Å². The molecule has 1 rings (SSSR count). The predicted octanol–water partition coefficient (Wildman–Crippen LogP) is -0.542. The molecule has 0 aromatic rings. The van der Waals surface area contributed by atoms with Crippen molar-refractivity contribution in [3.63, 3.8) is 0 Å². The van der Waals surface area contributed by atoms with E-state index >= 15 is 0 Å². The van der Waals surface area contributed by atoms with Crippen LogP contribution in [0.5, 0.6) is 0 Å². The first kappa shape index (κ1) is 16.0. The highest BCUT2D eigenvalue weighted by molar-refractivity contribution is 7.85. The average Bonchev–Trinajstić information content (AvgIpc) is 2.43. The zero-order valence-corrected chi connectivity index (χ0v) is 10.4. The number of unbranched alkanes of at least 4 members (excludes halogenated alkanes) is 2. The number of carbonyl (C=O) groups is 2. The van der Waals surface area contributed by atoms with Crippen LogP contribution in [0.1, 0.15) is 32.6 Å². The Bertz CT molecular complexity index is 364. The molecule has 1 saturated heterocycles. The maximum atomic E-state index is 10.2. The summed E-state index contributed by atoms with van der Waals surface area (Å²) >= 11 is 0. The quantitative estimate of drug-likeness (QED) is 0.357. The minimum atomic E-state index is -3.70. The summed E-state index contributed by atoms with van der Waals surface area (Å²) < 4.78 is 28.3. The summed E-state index contributed by atoms with van der Waals surface area (Å²) in [6, 6.07) is 0. The zero-order valence-electron chi connectivity index (χ0n) is 9.55. The van der Waals surface area contributed by atoms with E-state index in [4.69, 9.17) is 9.66 Å². The monoisotopic (exact) mass is 267 g/mol. The Morgan fingerprint density at radius 3 is 2.18 bits per heavy atom. The van der Waals surface area contributed by atoms with Gasteiger partial charge in [-0.3, -0.25) is 19.5 Å². The molecule has 1 aliphatic heterocycles. The van der Waals surface area contributed by atoms with Gasteiger partial charge in [0.25, 0.3) is 16.0 Å². The molecule has 8 heteroatoms. The van der Waals surface area contributed by atoms with Crippen LogP contribution < -0.4 is 5.32 Å². The summed E-state index contributed by atoms with van der Waals surface area (Å²) in [5.74, 6) is -1.08. The van der Waals surface area contributed by atoms with Crippen molar-refractivity contribution in [3.05, 3.63) is 0 Å². The molecular formula is C9H17NO6S. The van der Waals surface area contributed by atoms with Crippen LogP contribution in [-0.4, -0.2) is 41.7 Å². The van der Waals surface area contributed by atoms with Crippen molar-refractivity contribution < 1.29 is 27.7 Å². The third-order valence-electron chi connectivity index (χ3n) is 1.95. The lowest BCUT2D eigenvalue weighted by atomic mass is 10.3. The van der Waals surface area contributed by atoms with E-state index in [2.05, 4.69) is 0 Å². The van der Waals surface area contributed by atoms with Gasteiger partial charge in [-0.25, -0.2) is 0 Å². The maximum Gasteiger partial charge on any atom is 0.264 e. The summed E-state index contributed by atoms with van der Waals surface area (Å²) in [7, 11) is -3.70. The summed E-state index contributed by atoms with van der Waals surface area (Å²) in [5.41, 5.74) is 0. The molecule has 1 unspecified atom stereocenters. The molecule has 2 amide bonds. The van der Waals surface area contributed by atoms with Gasteiger partial charge in [0, 0.05) is 0 Å². The topological polar surface area (TPSA) is 121 Å². The Hall–Kier alpha value is -0.990. The Morgan fingerprint density at radius 1 is 1.35 bits per heavy atom. The van der Waals surface area contributed by atoms with E-state index in [1.54, 1.807) is 0 Å². The van der Waals surface area contributed by atoms with Crippen LogP contribution in [0.2, 0.25) is 0 Å². The standard InChI is InChI=1S/C5H12O3S.C4H5NO3/c1-2-3-4-5-9(6,7)8;6-2-1-3(7)5-4(2)8/h2-5H2,1H3,(H,6,7,8);2,6H,1H2,(H,5,7,8). The number of nitrogens with one attached hydrogen (secondary N) is 1. The van der Waals surface area contributed by atoms with Crippen LogP contribution in [0.4, 0.5) is 0 Å². The highest BCUT2D eigenvalue weighted by atomic mass is 32.2. The van der Waals surface area contributed by atoms with Gasteiger partial charge in [-0.2, -0.15) is 8.42 Å². The van der Waals surface area contributed by atoms with Gasteiger partial charge in [-0.05, 0) is 6.42 Å². The van der Waals surface area contributed by atoms with Crippen LogP contribution in [0.15, 0.2) is 0 Å². The Labute approximate surface area is 100.0 Å². The molecule has 0 aliphatic carbocycles. The van der Waals surface area contributed by atoms with Crippen molar-refractivity contribution in [1.82, 2.24) is 5.32 Å². The van der Waals surface area contributed by atoms with Crippen LogP contribution in [0.25, 0.3) is 0 Å². The fourth-order valence-corrected chi connectivity index (χ4v) is 1.64. The van der Waals surface area contributed by atoms with Crippen molar-refractivity contribution in [2.75, 3.05) is 5.75 Å². The lowest BCUT2D eigenvalue weighted by molar-refractivity contribution is -0.127. The SMILES string of the molecule is CCCCCS(=O)(=O)O.O=C1CC(O)C(=O)N1. The molecule has 0 spiro atoms. The molecule has 7 nitrogen and oxygen atoms in total. The van der Waals surface area contributed by atoms with E-state index in [0.717, 1.165) is 12.8 Å². The predicted molar refractivity (Wildman–Crippen MR) is 59.7 cm³/mol. The first-order valence-corrected chi connectivity index (χ1v) is 6.84. The number of imide groups is 1. The zero-order chi connectivity index (χ0) is 13.5. The van der Waals surface area contributed by atoms with Gasteiger partial charge in [-0.1, -0.05) is 19.8 Å². The lowest BCUT2D eigenvalue weighted by Gasteiger charge is -1.92. The molecule has 1 aliphatic rings. The molecule has 0 aromatic heterocycles. The molecule has 17 heavy (non-hydrogen) atoms. The molecule has 0 radical (unpaired) electrons. The molecule has 0 aromatic carbocycles. The average molecular weight is 267 g/mol. The van der Waals surface area contributed by atoms with Crippen molar-refractivity contribution >= 4 is 21.9 Å². The van der Waals surface area contributed by atoms with Crippen LogP contribution in [0, 0.1) is 0 Å². The second-order valence-corrected chi connectivity index (χ2v) is 5.20. The van der Waals surface area contributed by atoms with Gasteiger partial charge in [0.05, 0.1) is 12.2 Å². The molecular weight excluding hydrogens is 250 g/mol. The maximum absolute atomic E-state index is 10.2. The van der Waals surface area contributed by atoms with Gasteiger partial charge >= 0.3 is 0 Å². The Kier molecular flexibility index (Phi) is 6.93. The van der Waals surface area contributed by atoms with Gasteiger partial charge in [0.2, 0.25) is 5.91 Å². The normalized spacial score (nSPS) is 19.6. The fourth-order valence-electron chi connectivity index (χ4n) is 1.07. The van der Waals surface area contributed by atoms with Crippen molar-refractivity contribution in [2.45, 2.75) is 38.7 Å². The molecule has 1 atom stereocenters. The van der Waals surface area contributed by atoms with Crippen LogP contribution in [0.3, 0.4) is 0 Å². The summed E-state index contributed by atoms with van der Waals surface area (Å²) in [5, 5.41) is 10.5. The molecule has 1 heterocycles. The molecule has 1 fully saturated rings. The number of hydrogen-bond acceptors (Lipinski definition) is 5. The second kappa shape index (κ2) is 7.36. The van der Waals surface area contributed by atoms with E-state index in [1.807, 2.05) is 12.2 Å². The highest BCUT2D eigenvalue weighted by Crippen LogP contribution is 1.98. The van der Waals surface area contributed by atoms with E-state index in [0.29, 0.717) is 6.42 Å². The number of aliphatic hydroxyl groups is 1. The van der Waals surface area contributed by atoms with Gasteiger partial charge < -0.3 is 5.11 Å². The Balaban J connectivity index is 0.000000302. The summed E-state index contributed by atoms with van der Waals surface area (Å²) in [6.07, 6.45) is 1.20. The minimum Gasteiger partial charge on any atom is -0.383 e. The summed E-state index contributed by atoms with van der Waals surface area (Å²) in [6.45, 7) is 1.98. The van der Waals surface area contributed by atoms with E-state index < -0.39 is 28.0 Å². The first-order chi connectivity index (χ1) is 7.76. The Morgan fingerprint density at radius 2 is 1.94 bits per heavy atom. The van der Waals surface area contributed by atoms with Crippen LogP contribution in [-0.2, 0) is 19.7 Å². The minimum absolute atomic E-state index is 0.0845. The number of hydrogen-bond donors (Lipinski definition) is 3. The van der Waals surface area contributed by atoms with E-state index in [9.17, 15) is 18.0 Å². The van der Waals surface area contributed by atoms with E-state index in [1.165, 1.54) is 0 Å².